The molecule has 0 aromatic heterocycles. The van der Waals surface area contributed by atoms with Crippen LogP contribution in [0.25, 0.3) is 0 Å². The summed E-state index contributed by atoms with van der Waals surface area (Å²) in [7, 11) is -2.70. The maximum absolute atomic E-state index is 14.3. The fourth-order valence-corrected chi connectivity index (χ4v) is 6.32. The number of benzene rings is 4. The van der Waals surface area contributed by atoms with Crippen molar-refractivity contribution in [3.63, 3.8) is 0 Å². The molecule has 2 amide bonds. The highest BCUT2D eigenvalue weighted by atomic mass is 35.5. The van der Waals surface area contributed by atoms with Crippen molar-refractivity contribution in [3.05, 3.63) is 129 Å². The van der Waals surface area contributed by atoms with E-state index in [4.69, 9.17) is 23.2 Å². The van der Waals surface area contributed by atoms with Gasteiger partial charge in [-0.25, -0.2) is 8.42 Å². The summed E-state index contributed by atoms with van der Waals surface area (Å²) in [5.74, 6) is -0.940. The van der Waals surface area contributed by atoms with Crippen molar-refractivity contribution >= 4 is 50.7 Å². The maximum Gasteiger partial charge on any atom is 0.264 e. The molecule has 0 saturated carbocycles. The number of hydrogen-bond donors (Lipinski definition) is 1. The zero-order valence-corrected chi connectivity index (χ0v) is 26.5. The molecule has 4 aromatic rings. The summed E-state index contributed by atoms with van der Waals surface area (Å²) in [5, 5.41) is 3.56. The largest absolute Gasteiger partial charge is 0.357 e. The van der Waals surface area contributed by atoms with Crippen LogP contribution >= 0.6 is 23.2 Å². The van der Waals surface area contributed by atoms with E-state index >= 15 is 0 Å². The van der Waals surface area contributed by atoms with Gasteiger partial charge in [-0.3, -0.25) is 13.9 Å². The van der Waals surface area contributed by atoms with Crippen LogP contribution in [0.3, 0.4) is 0 Å². The van der Waals surface area contributed by atoms with Gasteiger partial charge in [0, 0.05) is 30.1 Å². The standard InChI is InChI=1S/C33H33Cl2N3O4S/c1-23-9-17-29(18-10-23)43(41,42)38(28-16-11-24(2)30(35)20-28)22-32(39)37(21-26-12-14-27(34)15-13-26)31(33(40)36-3)19-25-7-5-4-6-8-25/h4-18,20,31H,19,21-22H2,1-3H3,(H,36,40)/t31-/m1/s1. The van der Waals surface area contributed by atoms with Crippen LogP contribution in [0.1, 0.15) is 22.3 Å². The van der Waals surface area contributed by atoms with Gasteiger partial charge >= 0.3 is 0 Å². The van der Waals surface area contributed by atoms with Crippen LogP contribution in [0.15, 0.2) is 102 Å². The average molecular weight is 639 g/mol. The summed E-state index contributed by atoms with van der Waals surface area (Å²) < 4.78 is 29.2. The smallest absolute Gasteiger partial charge is 0.264 e. The van der Waals surface area contributed by atoms with E-state index in [-0.39, 0.29) is 29.5 Å². The second-order valence-corrected chi connectivity index (χ2v) is 12.9. The van der Waals surface area contributed by atoms with Crippen molar-refractivity contribution in [3.8, 4) is 0 Å². The topological polar surface area (TPSA) is 86.8 Å². The highest BCUT2D eigenvalue weighted by molar-refractivity contribution is 7.92. The van der Waals surface area contributed by atoms with Crippen molar-refractivity contribution in [2.75, 3.05) is 17.9 Å². The van der Waals surface area contributed by atoms with Crippen molar-refractivity contribution in [1.29, 1.82) is 0 Å². The molecule has 0 fully saturated rings. The van der Waals surface area contributed by atoms with Crippen LogP contribution in [-0.2, 0) is 32.6 Å². The zero-order chi connectivity index (χ0) is 31.1. The van der Waals surface area contributed by atoms with E-state index in [0.717, 1.165) is 26.6 Å². The first-order valence-electron chi connectivity index (χ1n) is 13.6. The van der Waals surface area contributed by atoms with E-state index in [1.54, 1.807) is 48.5 Å². The van der Waals surface area contributed by atoms with E-state index in [1.807, 2.05) is 44.2 Å². The number of sulfonamides is 1. The minimum atomic E-state index is -4.21. The van der Waals surface area contributed by atoms with Gasteiger partial charge in [-0.15, -0.1) is 0 Å². The number of amides is 2. The van der Waals surface area contributed by atoms with Gasteiger partial charge in [0.05, 0.1) is 10.6 Å². The Kier molecular flexibility index (Phi) is 10.5. The van der Waals surface area contributed by atoms with Gasteiger partial charge in [0.1, 0.15) is 12.6 Å². The third-order valence-corrected chi connectivity index (χ3v) is 9.56. The Hall–Kier alpha value is -3.85. The molecule has 0 aliphatic rings. The summed E-state index contributed by atoms with van der Waals surface area (Å²) in [6.45, 7) is 3.15. The summed E-state index contributed by atoms with van der Waals surface area (Å²) in [6, 6.07) is 26.6. The van der Waals surface area contributed by atoms with E-state index in [0.29, 0.717) is 10.0 Å². The van der Waals surface area contributed by atoms with E-state index in [2.05, 4.69) is 5.32 Å². The predicted molar refractivity (Wildman–Crippen MR) is 172 cm³/mol. The molecule has 4 aromatic carbocycles. The molecule has 0 bridgehead atoms. The lowest BCUT2D eigenvalue weighted by atomic mass is 10.0. The third-order valence-electron chi connectivity index (χ3n) is 7.11. The molecule has 0 unspecified atom stereocenters. The van der Waals surface area contributed by atoms with Crippen molar-refractivity contribution in [2.24, 2.45) is 0 Å². The number of anilines is 1. The van der Waals surface area contributed by atoms with Crippen molar-refractivity contribution in [1.82, 2.24) is 10.2 Å². The van der Waals surface area contributed by atoms with Crippen molar-refractivity contribution in [2.45, 2.75) is 37.8 Å². The first kappa shape index (κ1) is 32.1. The minimum absolute atomic E-state index is 0.0268. The Balaban J connectivity index is 1.80. The summed E-state index contributed by atoms with van der Waals surface area (Å²) in [4.78, 5) is 29.1. The fraction of sp³-hybridized carbons (Fsp3) is 0.212. The summed E-state index contributed by atoms with van der Waals surface area (Å²) in [5.41, 5.74) is 3.46. The first-order chi connectivity index (χ1) is 20.5. The van der Waals surface area contributed by atoms with Gasteiger partial charge in [-0.1, -0.05) is 89.4 Å². The van der Waals surface area contributed by atoms with Gasteiger partial charge in [0.2, 0.25) is 11.8 Å². The number of likely N-dealkylation sites (N-methyl/N-ethyl adjacent to an activating group) is 1. The number of nitrogens with zero attached hydrogens (tertiary/aromatic N) is 2. The number of rotatable bonds is 11. The van der Waals surface area contributed by atoms with Gasteiger partial charge in [0.15, 0.2) is 0 Å². The van der Waals surface area contributed by atoms with Crippen molar-refractivity contribution < 1.29 is 18.0 Å². The van der Waals surface area contributed by atoms with Crippen LogP contribution in [0.5, 0.6) is 0 Å². The molecule has 1 N–H and O–H groups in total. The first-order valence-corrected chi connectivity index (χ1v) is 15.8. The lowest BCUT2D eigenvalue weighted by Gasteiger charge is -2.33. The van der Waals surface area contributed by atoms with Gasteiger partial charge in [0.25, 0.3) is 10.0 Å². The second kappa shape index (κ2) is 14.1. The molecule has 0 radical (unpaired) electrons. The molecule has 4 rings (SSSR count). The van der Waals surface area contributed by atoms with E-state index in [9.17, 15) is 18.0 Å². The average Bonchev–Trinajstić information content (AvgIpc) is 3.00. The maximum atomic E-state index is 14.3. The lowest BCUT2D eigenvalue weighted by Crippen LogP contribution is -2.53. The molecular formula is C33H33Cl2N3O4S. The Morgan fingerprint density at radius 1 is 0.837 bits per heavy atom. The highest BCUT2D eigenvalue weighted by Crippen LogP contribution is 2.29. The predicted octanol–water partition coefficient (Wildman–Crippen LogP) is 6.19. The van der Waals surface area contributed by atoms with Crippen LogP contribution in [0, 0.1) is 13.8 Å². The number of hydrogen-bond acceptors (Lipinski definition) is 4. The quantitative estimate of drug-likeness (QED) is 0.212. The van der Waals surface area contributed by atoms with Gasteiger partial charge in [-0.2, -0.15) is 0 Å². The SMILES string of the molecule is CNC(=O)[C@@H](Cc1ccccc1)N(Cc1ccc(Cl)cc1)C(=O)CN(c1ccc(C)c(Cl)c1)S(=O)(=O)c1ccc(C)cc1. The number of carbonyl (C=O) groups is 2. The molecule has 0 aliphatic heterocycles. The van der Waals surface area contributed by atoms with Crippen LogP contribution in [0.2, 0.25) is 10.0 Å². The normalized spacial score (nSPS) is 11.9. The Bertz CT molecular complexity index is 1680. The molecule has 10 heteroatoms. The molecule has 0 saturated heterocycles. The summed E-state index contributed by atoms with van der Waals surface area (Å²) in [6.07, 6.45) is 0.223. The molecule has 0 heterocycles. The Morgan fingerprint density at radius 3 is 2.09 bits per heavy atom. The molecule has 43 heavy (non-hydrogen) atoms. The zero-order valence-electron chi connectivity index (χ0n) is 24.1. The lowest BCUT2D eigenvalue weighted by molar-refractivity contribution is -0.139. The van der Waals surface area contributed by atoms with Crippen LogP contribution in [-0.4, -0.2) is 44.8 Å². The Labute approximate surface area is 263 Å². The van der Waals surface area contributed by atoms with Crippen LogP contribution < -0.4 is 9.62 Å². The molecule has 224 valence electrons. The van der Waals surface area contributed by atoms with E-state index in [1.165, 1.54) is 30.1 Å². The van der Waals surface area contributed by atoms with Gasteiger partial charge < -0.3 is 10.2 Å². The minimum Gasteiger partial charge on any atom is -0.357 e. The number of nitrogens with one attached hydrogen (secondary N) is 1. The molecule has 1 atom stereocenters. The molecule has 7 nitrogen and oxygen atoms in total. The highest BCUT2D eigenvalue weighted by Gasteiger charge is 2.34. The van der Waals surface area contributed by atoms with E-state index < -0.39 is 28.5 Å². The second-order valence-electron chi connectivity index (χ2n) is 10.2. The van der Waals surface area contributed by atoms with Gasteiger partial charge in [-0.05, 0) is 66.9 Å². The number of aryl methyl sites for hydroxylation is 2. The fourth-order valence-electron chi connectivity index (χ4n) is 4.61. The monoisotopic (exact) mass is 637 g/mol. The Morgan fingerprint density at radius 2 is 1.49 bits per heavy atom. The molecule has 0 spiro atoms. The number of halogens is 2. The summed E-state index contributed by atoms with van der Waals surface area (Å²) >= 11 is 12.5. The molecule has 0 aliphatic carbocycles. The number of carbonyl (C=O) groups excluding carboxylic acids is 2. The molecular weight excluding hydrogens is 605 g/mol. The van der Waals surface area contributed by atoms with Crippen LogP contribution in [0.4, 0.5) is 5.69 Å². The third kappa shape index (κ3) is 7.96.